The third-order valence-corrected chi connectivity index (χ3v) is 2.89. The van der Waals surface area contributed by atoms with E-state index in [4.69, 9.17) is 4.74 Å². The minimum absolute atomic E-state index is 0. The maximum Gasteiger partial charge on any atom is 0.422 e. The van der Waals surface area contributed by atoms with Gasteiger partial charge in [-0.3, -0.25) is 4.79 Å². The molecule has 1 aromatic rings. The molecule has 0 aromatic heterocycles. The van der Waals surface area contributed by atoms with Crippen molar-refractivity contribution >= 4 is 18.4 Å². The van der Waals surface area contributed by atoms with Gasteiger partial charge in [0.25, 0.3) is 0 Å². The second-order valence-corrected chi connectivity index (χ2v) is 4.45. The van der Waals surface area contributed by atoms with E-state index in [1.165, 1.54) is 7.05 Å². The Bertz CT molecular complexity index is 452. The summed E-state index contributed by atoms with van der Waals surface area (Å²) in [4.78, 5) is 11.5. The molecule has 22 heavy (non-hydrogen) atoms. The van der Waals surface area contributed by atoms with Crippen LogP contribution >= 0.6 is 12.4 Å². The normalized spacial score (nSPS) is 12.2. The van der Waals surface area contributed by atoms with Gasteiger partial charge in [-0.15, -0.1) is 12.4 Å². The van der Waals surface area contributed by atoms with Gasteiger partial charge in [-0.2, -0.15) is 13.2 Å². The van der Waals surface area contributed by atoms with Crippen molar-refractivity contribution < 1.29 is 27.4 Å². The number of ether oxygens (including phenoxy) is 2. The highest BCUT2D eigenvalue weighted by Gasteiger charge is 2.31. The Labute approximate surface area is 133 Å². The van der Waals surface area contributed by atoms with Crippen LogP contribution in [0, 0.1) is 0 Å². The zero-order valence-corrected chi connectivity index (χ0v) is 13.1. The Morgan fingerprint density at radius 2 is 1.86 bits per heavy atom. The van der Waals surface area contributed by atoms with Gasteiger partial charge in [0.2, 0.25) is 0 Å². The lowest BCUT2D eigenvalue weighted by Gasteiger charge is -2.16. The molecule has 0 saturated carbocycles. The number of benzene rings is 1. The summed E-state index contributed by atoms with van der Waals surface area (Å²) in [6.45, 7) is -1.56. The monoisotopic (exact) mass is 341 g/mol. The number of hydrogen-bond donors (Lipinski definition) is 1. The van der Waals surface area contributed by atoms with E-state index in [9.17, 15) is 18.0 Å². The molecule has 1 aromatic carbocycles. The number of carbonyl (C=O) groups excluding carboxylic acids is 1. The number of methoxy groups -OCH3 is 1. The van der Waals surface area contributed by atoms with Crippen LogP contribution in [0.3, 0.4) is 0 Å². The minimum Gasteiger partial charge on any atom is -0.497 e. The van der Waals surface area contributed by atoms with Gasteiger partial charge in [-0.1, -0.05) is 12.1 Å². The van der Waals surface area contributed by atoms with E-state index in [0.717, 1.165) is 5.56 Å². The molecule has 126 valence electrons. The third kappa shape index (κ3) is 7.51. The van der Waals surface area contributed by atoms with Crippen molar-refractivity contribution in [3.8, 4) is 5.75 Å². The van der Waals surface area contributed by atoms with Crippen molar-refractivity contribution in [3.05, 3.63) is 29.8 Å². The Balaban J connectivity index is 0.00000441. The summed E-state index contributed by atoms with van der Waals surface area (Å²) < 4.78 is 45.3. The van der Waals surface area contributed by atoms with Gasteiger partial charge in [0.05, 0.1) is 7.11 Å². The molecule has 0 heterocycles. The quantitative estimate of drug-likeness (QED) is 0.775. The van der Waals surface area contributed by atoms with Gasteiger partial charge < -0.3 is 14.8 Å². The summed E-state index contributed by atoms with van der Waals surface area (Å²) in [6.07, 6.45) is -3.62. The molecule has 0 amide bonds. The first-order valence-electron chi connectivity index (χ1n) is 6.39. The first-order chi connectivity index (χ1) is 9.85. The second kappa shape index (κ2) is 9.53. The highest BCUT2D eigenvalue weighted by Crippen LogP contribution is 2.16. The van der Waals surface area contributed by atoms with Gasteiger partial charge >= 0.3 is 12.1 Å². The predicted molar refractivity (Wildman–Crippen MR) is 78.4 cm³/mol. The maximum atomic E-state index is 12.0. The topological polar surface area (TPSA) is 47.6 Å². The molecule has 0 unspecified atom stereocenters. The highest BCUT2D eigenvalue weighted by molar-refractivity contribution is 5.85. The van der Waals surface area contributed by atoms with Crippen LogP contribution in [0.5, 0.6) is 5.75 Å². The van der Waals surface area contributed by atoms with E-state index in [-0.39, 0.29) is 12.4 Å². The minimum atomic E-state index is -4.51. The number of likely N-dealkylation sites (N-methyl/N-ethyl adjacent to an activating group) is 1. The van der Waals surface area contributed by atoms with E-state index in [1.807, 2.05) is 12.1 Å². The van der Waals surface area contributed by atoms with E-state index in [0.29, 0.717) is 18.6 Å². The van der Waals surface area contributed by atoms with Crippen LogP contribution in [0.25, 0.3) is 0 Å². The summed E-state index contributed by atoms with van der Waals surface area (Å²) >= 11 is 0. The van der Waals surface area contributed by atoms with Crippen LogP contribution < -0.4 is 10.1 Å². The number of hydrogen-bond acceptors (Lipinski definition) is 4. The number of nitrogens with one attached hydrogen (secondary N) is 1. The number of aryl methyl sites for hydroxylation is 1. The van der Waals surface area contributed by atoms with Crippen LogP contribution in [-0.2, 0) is 16.0 Å². The molecule has 4 nitrogen and oxygen atoms in total. The number of halogens is 4. The Morgan fingerprint density at radius 3 is 2.32 bits per heavy atom. The van der Waals surface area contributed by atoms with Crippen LogP contribution in [0.2, 0.25) is 0 Å². The van der Waals surface area contributed by atoms with Crippen molar-refractivity contribution in [1.29, 1.82) is 0 Å². The highest BCUT2D eigenvalue weighted by atomic mass is 35.5. The molecule has 8 heteroatoms. The fourth-order valence-corrected chi connectivity index (χ4v) is 1.74. The molecule has 0 aliphatic carbocycles. The summed E-state index contributed by atoms with van der Waals surface area (Å²) in [5, 5.41) is 2.66. The average Bonchev–Trinajstić information content (AvgIpc) is 2.45. The van der Waals surface area contributed by atoms with Crippen molar-refractivity contribution in [1.82, 2.24) is 5.32 Å². The first kappa shape index (κ1) is 20.5. The summed E-state index contributed by atoms with van der Waals surface area (Å²) in [6, 6.07) is 6.48. The Morgan fingerprint density at radius 1 is 1.27 bits per heavy atom. The number of esters is 1. The van der Waals surface area contributed by atoms with Crippen molar-refractivity contribution in [3.63, 3.8) is 0 Å². The van der Waals surface area contributed by atoms with Gasteiger partial charge in [-0.25, -0.2) is 0 Å². The lowest BCUT2D eigenvalue weighted by Crippen LogP contribution is -2.37. The molecule has 1 atom stereocenters. The van der Waals surface area contributed by atoms with E-state index in [1.54, 1.807) is 19.2 Å². The van der Waals surface area contributed by atoms with Gasteiger partial charge in [0.15, 0.2) is 6.61 Å². The molecule has 0 bridgehead atoms. The van der Waals surface area contributed by atoms with Crippen LogP contribution in [0.15, 0.2) is 24.3 Å². The van der Waals surface area contributed by atoms with Crippen molar-refractivity contribution in [2.24, 2.45) is 0 Å². The molecular weight excluding hydrogens is 323 g/mol. The van der Waals surface area contributed by atoms with Gasteiger partial charge in [-0.05, 0) is 37.6 Å². The SMILES string of the molecule is CN[C@@H](CCc1ccc(OC)cc1)C(=O)OCC(F)(F)F.Cl. The Hall–Kier alpha value is -1.47. The summed E-state index contributed by atoms with van der Waals surface area (Å²) in [7, 11) is 3.07. The van der Waals surface area contributed by atoms with Crippen LogP contribution in [-0.4, -0.2) is 39.0 Å². The maximum absolute atomic E-state index is 12.0. The van der Waals surface area contributed by atoms with E-state index < -0.39 is 24.8 Å². The standard InChI is InChI=1S/C14H18F3NO3.ClH/c1-18-12(13(19)21-9-14(15,16)17)8-5-10-3-6-11(20-2)7-4-10;/h3-4,6-7,12,18H,5,8-9H2,1-2H3;1H/t12-;/m0./s1. The summed E-state index contributed by atoms with van der Waals surface area (Å²) in [5.41, 5.74) is 0.958. The number of carbonyl (C=O) groups is 1. The zero-order valence-electron chi connectivity index (χ0n) is 12.3. The summed E-state index contributed by atoms with van der Waals surface area (Å²) in [5.74, 6) is -0.183. The molecular formula is C14H19ClF3NO3. The van der Waals surface area contributed by atoms with Crippen LogP contribution in [0.1, 0.15) is 12.0 Å². The second-order valence-electron chi connectivity index (χ2n) is 4.45. The fourth-order valence-electron chi connectivity index (χ4n) is 1.74. The fraction of sp³-hybridized carbons (Fsp3) is 0.500. The lowest BCUT2D eigenvalue weighted by molar-refractivity contribution is -0.187. The molecule has 0 fully saturated rings. The third-order valence-electron chi connectivity index (χ3n) is 2.89. The molecule has 0 radical (unpaired) electrons. The van der Waals surface area contributed by atoms with Crippen molar-refractivity contribution in [2.45, 2.75) is 25.1 Å². The first-order valence-corrected chi connectivity index (χ1v) is 6.39. The van der Waals surface area contributed by atoms with E-state index >= 15 is 0 Å². The van der Waals surface area contributed by atoms with E-state index in [2.05, 4.69) is 10.1 Å². The largest absolute Gasteiger partial charge is 0.497 e. The smallest absolute Gasteiger partial charge is 0.422 e. The van der Waals surface area contributed by atoms with Crippen LogP contribution in [0.4, 0.5) is 13.2 Å². The lowest BCUT2D eigenvalue weighted by atomic mass is 10.1. The van der Waals surface area contributed by atoms with Gasteiger partial charge in [0, 0.05) is 0 Å². The molecule has 0 spiro atoms. The Kier molecular flexibility index (Phi) is 8.89. The molecule has 0 aliphatic rings. The average molecular weight is 342 g/mol. The number of alkyl halides is 3. The molecule has 0 saturated heterocycles. The molecule has 1 rings (SSSR count). The van der Waals surface area contributed by atoms with Crippen molar-refractivity contribution in [2.75, 3.05) is 20.8 Å². The number of rotatable bonds is 7. The molecule has 1 N–H and O–H groups in total. The predicted octanol–water partition coefficient (Wildman–Crippen LogP) is 2.74. The van der Waals surface area contributed by atoms with Gasteiger partial charge in [0.1, 0.15) is 11.8 Å². The zero-order chi connectivity index (χ0) is 15.9. The molecule has 0 aliphatic heterocycles.